The van der Waals surface area contributed by atoms with Gasteiger partial charge in [-0.25, -0.2) is 4.39 Å². The van der Waals surface area contributed by atoms with Crippen LogP contribution in [0.5, 0.6) is 0 Å². The van der Waals surface area contributed by atoms with Gasteiger partial charge in [-0.15, -0.1) is 0 Å². The van der Waals surface area contributed by atoms with Gasteiger partial charge in [0.25, 0.3) is 0 Å². The summed E-state index contributed by atoms with van der Waals surface area (Å²) >= 11 is 0. The zero-order valence-electron chi connectivity index (χ0n) is 9.57. The van der Waals surface area contributed by atoms with Crippen LogP contribution in [0.4, 0.5) is 4.39 Å². The third-order valence-electron chi connectivity index (χ3n) is 3.14. The zero-order valence-corrected chi connectivity index (χ0v) is 9.57. The average Bonchev–Trinajstić information content (AvgIpc) is 2.37. The maximum Gasteiger partial charge on any atom is 0.123 e. The van der Waals surface area contributed by atoms with Gasteiger partial charge < -0.3 is 0 Å². The van der Waals surface area contributed by atoms with Gasteiger partial charge in [0.15, 0.2) is 0 Å². The fourth-order valence-electron chi connectivity index (χ4n) is 2.31. The van der Waals surface area contributed by atoms with Gasteiger partial charge >= 0.3 is 0 Å². The van der Waals surface area contributed by atoms with Gasteiger partial charge in [-0.1, -0.05) is 25.1 Å². The van der Waals surface area contributed by atoms with E-state index in [9.17, 15) is 4.39 Å². The number of aromatic nitrogens is 1. The quantitative estimate of drug-likeness (QED) is 0.568. The largest absolute Gasteiger partial charge is 0.256 e. The van der Waals surface area contributed by atoms with Gasteiger partial charge in [0, 0.05) is 17.0 Å². The summed E-state index contributed by atoms with van der Waals surface area (Å²) in [6.45, 7) is 2.12. The van der Waals surface area contributed by atoms with E-state index in [4.69, 9.17) is 0 Å². The molecule has 0 fully saturated rings. The third kappa shape index (κ3) is 1.57. The molecule has 0 unspecified atom stereocenters. The highest BCUT2D eigenvalue weighted by atomic mass is 19.1. The van der Waals surface area contributed by atoms with Crippen molar-refractivity contribution in [1.29, 1.82) is 0 Å². The van der Waals surface area contributed by atoms with Crippen molar-refractivity contribution in [2.45, 2.75) is 13.3 Å². The smallest absolute Gasteiger partial charge is 0.123 e. The second-order valence-corrected chi connectivity index (χ2v) is 4.15. The molecule has 0 aliphatic carbocycles. The van der Waals surface area contributed by atoms with E-state index in [1.54, 1.807) is 6.20 Å². The van der Waals surface area contributed by atoms with Crippen molar-refractivity contribution >= 4 is 21.7 Å². The molecule has 3 rings (SSSR count). The molecule has 0 saturated carbocycles. The first-order valence-electron chi connectivity index (χ1n) is 5.75. The molecule has 3 aromatic rings. The number of hydrogen-bond donors (Lipinski definition) is 0. The van der Waals surface area contributed by atoms with Crippen LogP contribution in [0.15, 0.2) is 42.6 Å². The van der Waals surface area contributed by atoms with Crippen LogP contribution in [0.25, 0.3) is 21.7 Å². The Labute approximate surface area is 98.9 Å². The van der Waals surface area contributed by atoms with Crippen molar-refractivity contribution in [3.63, 3.8) is 0 Å². The fraction of sp³-hybridized carbons (Fsp3) is 0.133. The Morgan fingerprint density at radius 1 is 1.18 bits per heavy atom. The molecule has 0 atom stereocenters. The second kappa shape index (κ2) is 3.81. The van der Waals surface area contributed by atoms with Crippen molar-refractivity contribution in [1.82, 2.24) is 4.98 Å². The number of benzene rings is 2. The summed E-state index contributed by atoms with van der Waals surface area (Å²) in [6, 6.07) is 11.0. The number of fused-ring (bicyclic) bond motifs is 3. The van der Waals surface area contributed by atoms with Gasteiger partial charge in [0.1, 0.15) is 5.82 Å². The number of hydrogen-bond acceptors (Lipinski definition) is 1. The lowest BCUT2D eigenvalue weighted by atomic mass is 10.0. The molecule has 84 valence electrons. The van der Waals surface area contributed by atoms with Crippen molar-refractivity contribution in [3.05, 3.63) is 54.0 Å². The molecule has 0 saturated heterocycles. The van der Waals surface area contributed by atoms with Crippen LogP contribution in [0.2, 0.25) is 0 Å². The molecular weight excluding hydrogens is 213 g/mol. The van der Waals surface area contributed by atoms with E-state index >= 15 is 0 Å². The average molecular weight is 225 g/mol. The molecule has 1 heterocycles. The van der Waals surface area contributed by atoms with E-state index in [0.29, 0.717) is 0 Å². The summed E-state index contributed by atoms with van der Waals surface area (Å²) in [5.74, 6) is -0.215. The highest BCUT2D eigenvalue weighted by Crippen LogP contribution is 2.27. The summed E-state index contributed by atoms with van der Waals surface area (Å²) in [5.41, 5.74) is 2.23. The Morgan fingerprint density at radius 2 is 2.06 bits per heavy atom. The molecule has 0 amide bonds. The zero-order chi connectivity index (χ0) is 11.8. The number of halogens is 1. The van der Waals surface area contributed by atoms with Crippen LogP contribution >= 0.6 is 0 Å². The first kappa shape index (κ1) is 10.2. The van der Waals surface area contributed by atoms with Gasteiger partial charge in [0.05, 0.1) is 5.52 Å². The first-order valence-corrected chi connectivity index (χ1v) is 5.75. The van der Waals surface area contributed by atoms with E-state index in [1.165, 1.54) is 17.7 Å². The van der Waals surface area contributed by atoms with Crippen molar-refractivity contribution in [2.75, 3.05) is 0 Å². The van der Waals surface area contributed by atoms with Crippen molar-refractivity contribution in [3.8, 4) is 0 Å². The molecule has 17 heavy (non-hydrogen) atoms. The Morgan fingerprint density at radius 3 is 2.88 bits per heavy atom. The van der Waals surface area contributed by atoms with Crippen molar-refractivity contribution < 1.29 is 4.39 Å². The topological polar surface area (TPSA) is 12.9 Å². The molecule has 2 aromatic carbocycles. The second-order valence-electron chi connectivity index (χ2n) is 4.15. The maximum absolute atomic E-state index is 13.2. The predicted molar refractivity (Wildman–Crippen MR) is 68.6 cm³/mol. The lowest BCUT2D eigenvalue weighted by Crippen LogP contribution is -1.88. The van der Waals surface area contributed by atoms with Crippen LogP contribution in [0.1, 0.15) is 12.5 Å². The normalized spacial score (nSPS) is 11.2. The molecule has 0 aliphatic rings. The lowest BCUT2D eigenvalue weighted by molar-refractivity contribution is 0.630. The Kier molecular flexibility index (Phi) is 2.29. The molecule has 0 radical (unpaired) electrons. The third-order valence-corrected chi connectivity index (χ3v) is 3.14. The molecule has 0 aliphatic heterocycles. The molecule has 2 heteroatoms. The number of pyridine rings is 1. The summed E-state index contributed by atoms with van der Waals surface area (Å²) < 4.78 is 13.2. The van der Waals surface area contributed by atoms with Gasteiger partial charge in [0.2, 0.25) is 0 Å². The summed E-state index contributed by atoms with van der Waals surface area (Å²) in [4.78, 5) is 4.39. The van der Waals surface area contributed by atoms with Crippen LogP contribution in [-0.2, 0) is 6.42 Å². The van der Waals surface area contributed by atoms with E-state index in [1.807, 2.05) is 18.2 Å². The monoisotopic (exact) mass is 225 g/mol. The fourth-order valence-corrected chi connectivity index (χ4v) is 2.31. The molecule has 0 N–H and O–H groups in total. The summed E-state index contributed by atoms with van der Waals surface area (Å²) in [6.07, 6.45) is 2.69. The Bertz CT molecular complexity index is 704. The minimum absolute atomic E-state index is 0.215. The number of rotatable bonds is 1. The Hall–Kier alpha value is -1.96. The highest BCUT2D eigenvalue weighted by molar-refractivity contribution is 6.07. The molecular formula is C15H12FN. The summed E-state index contributed by atoms with van der Waals surface area (Å²) in [7, 11) is 0. The van der Waals surface area contributed by atoms with E-state index in [2.05, 4.69) is 18.0 Å². The maximum atomic E-state index is 13.2. The van der Waals surface area contributed by atoms with Crippen LogP contribution < -0.4 is 0 Å². The standard InChI is InChI=1S/C15H12FN/c1-2-10-4-3-5-14-15(10)13-7-6-12(16)8-11(13)9-17-14/h3-9H,2H2,1H3. The van der Waals surface area contributed by atoms with Gasteiger partial charge in [-0.05, 0) is 35.6 Å². The van der Waals surface area contributed by atoms with E-state index in [-0.39, 0.29) is 5.82 Å². The molecule has 1 aromatic heterocycles. The molecule has 1 nitrogen and oxygen atoms in total. The highest BCUT2D eigenvalue weighted by Gasteiger charge is 2.06. The van der Waals surface area contributed by atoms with Gasteiger partial charge in [-0.2, -0.15) is 0 Å². The van der Waals surface area contributed by atoms with Crippen LogP contribution in [-0.4, -0.2) is 4.98 Å². The van der Waals surface area contributed by atoms with Crippen LogP contribution in [0, 0.1) is 5.82 Å². The first-order chi connectivity index (χ1) is 8.29. The van der Waals surface area contributed by atoms with Crippen molar-refractivity contribution in [2.24, 2.45) is 0 Å². The summed E-state index contributed by atoms with van der Waals surface area (Å²) in [5, 5.41) is 3.08. The van der Waals surface area contributed by atoms with Gasteiger partial charge in [-0.3, -0.25) is 4.98 Å². The SMILES string of the molecule is CCc1cccc2ncc3cc(F)ccc3c12. The lowest BCUT2D eigenvalue weighted by Gasteiger charge is -2.07. The minimum Gasteiger partial charge on any atom is -0.256 e. The number of aryl methyl sites for hydroxylation is 1. The molecule has 0 bridgehead atoms. The van der Waals surface area contributed by atoms with Crippen LogP contribution in [0.3, 0.4) is 0 Å². The molecule has 0 spiro atoms. The van der Waals surface area contributed by atoms with E-state index in [0.717, 1.165) is 28.1 Å². The van der Waals surface area contributed by atoms with E-state index < -0.39 is 0 Å². The number of nitrogens with zero attached hydrogens (tertiary/aromatic N) is 1. The predicted octanol–water partition coefficient (Wildman–Crippen LogP) is 4.09. The minimum atomic E-state index is -0.215. The Balaban J connectivity index is 2.53.